The topological polar surface area (TPSA) is 64.3 Å². The number of hydrogen-bond acceptors (Lipinski definition) is 4. The minimum Gasteiger partial charge on any atom is -0.442 e. The number of carbonyl (C=O) groups is 3. The molecule has 0 aliphatic heterocycles. The smallest absolute Gasteiger partial charge is 0.215 e. The number of ketones is 3. The second kappa shape index (κ2) is 4.45. The molecule has 1 aromatic heterocycles. The van der Waals surface area contributed by atoms with Gasteiger partial charge in [0.2, 0.25) is 5.78 Å². The molecule has 90 valence electrons. The summed E-state index contributed by atoms with van der Waals surface area (Å²) in [7, 11) is 0. The van der Waals surface area contributed by atoms with E-state index in [1.165, 1.54) is 19.1 Å². The van der Waals surface area contributed by atoms with Crippen LogP contribution in [0, 0.1) is 11.8 Å². The van der Waals surface area contributed by atoms with Crippen molar-refractivity contribution < 1.29 is 18.8 Å². The largest absolute Gasteiger partial charge is 0.442 e. The van der Waals surface area contributed by atoms with Crippen LogP contribution >= 0.6 is 11.6 Å². The minimum atomic E-state index is -1.23. The molecule has 0 spiro atoms. The Morgan fingerprint density at radius 1 is 1.35 bits per heavy atom. The highest BCUT2D eigenvalue weighted by Crippen LogP contribution is 2.33. The van der Waals surface area contributed by atoms with Crippen LogP contribution in [0.4, 0.5) is 0 Å². The third-order valence-electron chi connectivity index (χ3n) is 2.75. The van der Waals surface area contributed by atoms with Crippen LogP contribution in [-0.4, -0.2) is 17.3 Å². The fraction of sp³-hybridized carbons (Fsp3) is 0.417. The number of Topliss-reactive ketones (excluding diaryl/α,β-unsaturated/α-hetero) is 3. The lowest BCUT2D eigenvalue weighted by Gasteiger charge is -2.08. The summed E-state index contributed by atoms with van der Waals surface area (Å²) in [6.45, 7) is 1.24. The summed E-state index contributed by atoms with van der Waals surface area (Å²) < 4.78 is 4.94. The lowest BCUT2D eigenvalue weighted by molar-refractivity contribution is -0.130. The standard InChI is InChI=1S/C12H11ClO4/c1-6(14)10(11(15)7-2-3-7)12(16)8-4-5-9(13)17-8/h4-5,7,10H,2-3H2,1H3. The first-order valence-corrected chi connectivity index (χ1v) is 5.72. The fourth-order valence-electron chi connectivity index (χ4n) is 1.71. The van der Waals surface area contributed by atoms with Gasteiger partial charge in [-0.15, -0.1) is 0 Å². The molecule has 1 unspecified atom stereocenters. The average molecular weight is 255 g/mol. The maximum absolute atomic E-state index is 12.0. The molecule has 2 rings (SSSR count). The number of furan rings is 1. The molecular weight excluding hydrogens is 244 g/mol. The molecule has 0 radical (unpaired) electrons. The first-order valence-electron chi connectivity index (χ1n) is 5.34. The third kappa shape index (κ3) is 2.47. The molecule has 4 nitrogen and oxygen atoms in total. The van der Waals surface area contributed by atoms with E-state index >= 15 is 0 Å². The van der Waals surface area contributed by atoms with Crippen LogP contribution < -0.4 is 0 Å². The van der Waals surface area contributed by atoms with E-state index in [4.69, 9.17) is 16.0 Å². The van der Waals surface area contributed by atoms with E-state index in [2.05, 4.69) is 0 Å². The van der Waals surface area contributed by atoms with E-state index < -0.39 is 17.5 Å². The van der Waals surface area contributed by atoms with Crippen LogP contribution in [0.3, 0.4) is 0 Å². The van der Waals surface area contributed by atoms with Crippen LogP contribution in [-0.2, 0) is 9.59 Å². The summed E-state index contributed by atoms with van der Waals surface area (Å²) in [5, 5.41) is 0.0644. The summed E-state index contributed by atoms with van der Waals surface area (Å²) in [5.41, 5.74) is 0. The zero-order valence-corrected chi connectivity index (χ0v) is 9.99. The van der Waals surface area contributed by atoms with Gasteiger partial charge in [-0.2, -0.15) is 0 Å². The Labute approximate surface area is 103 Å². The molecule has 0 saturated heterocycles. The lowest BCUT2D eigenvalue weighted by Crippen LogP contribution is -2.31. The SMILES string of the molecule is CC(=O)C(C(=O)c1ccc(Cl)o1)C(=O)C1CC1. The zero-order valence-electron chi connectivity index (χ0n) is 9.23. The maximum Gasteiger partial charge on any atom is 0.215 e. The van der Waals surface area contributed by atoms with Gasteiger partial charge in [0, 0.05) is 5.92 Å². The second-order valence-electron chi connectivity index (χ2n) is 4.19. The number of carbonyl (C=O) groups excluding carboxylic acids is 3. The molecule has 1 aliphatic rings. The highest BCUT2D eigenvalue weighted by Gasteiger charge is 2.41. The van der Waals surface area contributed by atoms with Gasteiger partial charge in [-0.1, -0.05) is 0 Å². The summed E-state index contributed by atoms with van der Waals surface area (Å²) in [6.07, 6.45) is 1.52. The number of hydrogen-bond donors (Lipinski definition) is 0. The molecule has 0 bridgehead atoms. The van der Waals surface area contributed by atoms with Crippen molar-refractivity contribution in [2.24, 2.45) is 11.8 Å². The van der Waals surface area contributed by atoms with Crippen molar-refractivity contribution in [2.75, 3.05) is 0 Å². The molecule has 1 heterocycles. The molecule has 1 atom stereocenters. The number of halogens is 1. The predicted molar refractivity (Wildman–Crippen MR) is 60.0 cm³/mol. The molecule has 1 fully saturated rings. The van der Waals surface area contributed by atoms with E-state index in [1.54, 1.807) is 0 Å². The van der Waals surface area contributed by atoms with Gasteiger partial charge >= 0.3 is 0 Å². The van der Waals surface area contributed by atoms with Gasteiger partial charge in [0.25, 0.3) is 0 Å². The van der Waals surface area contributed by atoms with Crippen LogP contribution in [0.1, 0.15) is 30.3 Å². The van der Waals surface area contributed by atoms with Gasteiger partial charge in [-0.25, -0.2) is 0 Å². The fourth-order valence-corrected chi connectivity index (χ4v) is 1.85. The van der Waals surface area contributed by atoms with Gasteiger partial charge in [0.15, 0.2) is 16.8 Å². The normalized spacial score (nSPS) is 16.6. The van der Waals surface area contributed by atoms with Crippen LogP contribution in [0.2, 0.25) is 5.22 Å². The van der Waals surface area contributed by atoms with Crippen molar-refractivity contribution in [3.8, 4) is 0 Å². The number of rotatable bonds is 5. The molecule has 5 heteroatoms. The maximum atomic E-state index is 12.0. The molecule has 0 amide bonds. The lowest BCUT2D eigenvalue weighted by atomic mass is 9.91. The summed E-state index contributed by atoms with van der Waals surface area (Å²) in [6, 6.07) is 2.79. The Hall–Kier alpha value is -1.42. The highest BCUT2D eigenvalue weighted by atomic mass is 35.5. The van der Waals surface area contributed by atoms with Crippen molar-refractivity contribution >= 4 is 29.0 Å². The van der Waals surface area contributed by atoms with Crippen LogP contribution in [0.15, 0.2) is 16.5 Å². The summed E-state index contributed by atoms with van der Waals surface area (Å²) in [4.78, 5) is 35.3. The van der Waals surface area contributed by atoms with Crippen molar-refractivity contribution in [3.05, 3.63) is 23.1 Å². The Balaban J connectivity index is 2.24. The van der Waals surface area contributed by atoms with Crippen molar-refractivity contribution in [3.63, 3.8) is 0 Å². The first-order chi connectivity index (χ1) is 8.00. The summed E-state index contributed by atoms with van der Waals surface area (Å²) >= 11 is 5.55. The highest BCUT2D eigenvalue weighted by molar-refractivity contribution is 6.29. The Bertz CT molecular complexity index is 484. The van der Waals surface area contributed by atoms with Gasteiger partial charge in [-0.3, -0.25) is 14.4 Å². The van der Waals surface area contributed by atoms with Gasteiger partial charge < -0.3 is 4.42 Å². The van der Waals surface area contributed by atoms with Crippen molar-refractivity contribution in [2.45, 2.75) is 19.8 Å². The minimum absolute atomic E-state index is 0.0378. The molecular formula is C12H11ClO4. The average Bonchev–Trinajstić information content (AvgIpc) is 3.01. The molecule has 17 heavy (non-hydrogen) atoms. The van der Waals surface area contributed by atoms with E-state index in [0.29, 0.717) is 0 Å². The van der Waals surface area contributed by atoms with Gasteiger partial charge in [-0.05, 0) is 43.5 Å². The monoisotopic (exact) mass is 254 g/mol. The van der Waals surface area contributed by atoms with Gasteiger partial charge in [0.05, 0.1) is 0 Å². The van der Waals surface area contributed by atoms with Crippen LogP contribution in [0.5, 0.6) is 0 Å². The molecule has 0 N–H and O–H groups in total. The van der Waals surface area contributed by atoms with Gasteiger partial charge in [0.1, 0.15) is 11.7 Å². The molecule has 1 saturated carbocycles. The Morgan fingerprint density at radius 2 is 2.00 bits per heavy atom. The van der Waals surface area contributed by atoms with E-state index in [1.807, 2.05) is 0 Å². The third-order valence-corrected chi connectivity index (χ3v) is 2.95. The van der Waals surface area contributed by atoms with E-state index in [-0.39, 0.29) is 22.7 Å². The Kier molecular flexibility index (Phi) is 3.15. The Morgan fingerprint density at radius 3 is 2.41 bits per heavy atom. The van der Waals surface area contributed by atoms with Crippen LogP contribution in [0.25, 0.3) is 0 Å². The van der Waals surface area contributed by atoms with E-state index in [0.717, 1.165) is 12.8 Å². The van der Waals surface area contributed by atoms with E-state index in [9.17, 15) is 14.4 Å². The quantitative estimate of drug-likeness (QED) is 0.597. The second-order valence-corrected chi connectivity index (χ2v) is 4.56. The molecule has 0 aromatic carbocycles. The van der Waals surface area contributed by atoms with Crippen molar-refractivity contribution in [1.29, 1.82) is 0 Å². The summed E-state index contributed by atoms with van der Waals surface area (Å²) in [5.74, 6) is -2.75. The zero-order chi connectivity index (χ0) is 12.6. The molecule has 1 aromatic rings. The predicted octanol–water partition coefficient (Wildman–Crippen LogP) is 2.30. The molecule has 1 aliphatic carbocycles. The first kappa shape index (κ1) is 12.0. The van der Waals surface area contributed by atoms with Crippen molar-refractivity contribution in [1.82, 2.24) is 0 Å².